The molecule has 0 radical (unpaired) electrons. The van der Waals surface area contributed by atoms with Crippen molar-refractivity contribution in [2.24, 2.45) is 5.92 Å². The van der Waals surface area contributed by atoms with Crippen LogP contribution in [-0.2, 0) is 18.5 Å². The number of halogens is 9. The van der Waals surface area contributed by atoms with Crippen LogP contribution in [0.2, 0.25) is 0 Å². The van der Waals surface area contributed by atoms with E-state index in [4.69, 9.17) is 15.8 Å². The lowest BCUT2D eigenvalue weighted by atomic mass is 10.1. The SMILES string of the molecule is CC(C)CN(C)c1ccc(C#N)c(C(F)(F)F)c1.CCN(CC)c1ccc(C#N)c(C(F)(F)F)c1.CN(C)c1ccc(C#N)c(C(F)(F)F)c1. The molecule has 0 heterocycles. The topological polar surface area (TPSA) is 81.1 Å². The molecule has 0 N–H and O–H groups in total. The van der Waals surface area contributed by atoms with Crippen molar-refractivity contribution in [2.75, 3.05) is 55.5 Å². The first-order valence-corrected chi connectivity index (χ1v) is 15.0. The minimum absolute atomic E-state index is 0.339. The molecule has 15 heteroatoms. The van der Waals surface area contributed by atoms with Gasteiger partial charge in [0.2, 0.25) is 0 Å². The fourth-order valence-corrected chi connectivity index (χ4v) is 4.55. The van der Waals surface area contributed by atoms with Gasteiger partial charge in [0.25, 0.3) is 0 Å². The van der Waals surface area contributed by atoms with Crippen LogP contribution < -0.4 is 14.7 Å². The molecule has 3 aromatic carbocycles. The van der Waals surface area contributed by atoms with E-state index in [2.05, 4.69) is 0 Å². The molecule has 6 nitrogen and oxygen atoms in total. The van der Waals surface area contributed by atoms with E-state index in [9.17, 15) is 39.5 Å². The Morgan fingerprint density at radius 1 is 0.560 bits per heavy atom. The molecule has 0 aromatic heterocycles. The largest absolute Gasteiger partial charge is 0.417 e. The molecule has 0 amide bonds. The smallest absolute Gasteiger partial charge is 0.378 e. The van der Waals surface area contributed by atoms with E-state index in [1.807, 2.05) is 27.7 Å². The first-order valence-electron chi connectivity index (χ1n) is 15.0. The van der Waals surface area contributed by atoms with Gasteiger partial charge in [-0.15, -0.1) is 0 Å². The van der Waals surface area contributed by atoms with E-state index in [1.54, 1.807) is 54.0 Å². The lowest BCUT2D eigenvalue weighted by Gasteiger charge is -2.22. The van der Waals surface area contributed by atoms with Crippen molar-refractivity contribution >= 4 is 17.1 Å². The van der Waals surface area contributed by atoms with Crippen molar-refractivity contribution in [3.63, 3.8) is 0 Å². The summed E-state index contributed by atoms with van der Waals surface area (Å²) in [7, 11) is 5.02. The summed E-state index contributed by atoms with van der Waals surface area (Å²) in [5.41, 5.74) is -2.30. The number of nitrogens with zero attached hydrogens (tertiary/aromatic N) is 6. The standard InChI is InChI=1S/C13H15F3N2.C12H13F3N2.C10H9F3N2/c1-9(2)8-18(3)11-5-4-10(7-17)12(6-11)13(14,15)16;1-3-17(4-2)10-6-5-9(8-16)11(7-10)12(13,14)15;1-15(2)8-4-3-7(6-14)9(5-8)10(11,12)13/h4-6,9H,8H2,1-3H3;5-7H,3-4H2,1-2H3;3-5H,1-2H3. The number of rotatable bonds is 7. The van der Waals surface area contributed by atoms with E-state index >= 15 is 0 Å². The van der Waals surface area contributed by atoms with E-state index in [1.165, 1.54) is 36.4 Å². The number of nitriles is 3. The van der Waals surface area contributed by atoms with E-state index in [0.29, 0.717) is 42.6 Å². The third-order valence-corrected chi connectivity index (χ3v) is 7.01. The third kappa shape index (κ3) is 12.4. The van der Waals surface area contributed by atoms with Crippen molar-refractivity contribution in [1.82, 2.24) is 0 Å². The van der Waals surface area contributed by atoms with Gasteiger partial charge in [0.15, 0.2) is 0 Å². The quantitative estimate of drug-likeness (QED) is 0.227. The van der Waals surface area contributed by atoms with Crippen LogP contribution in [-0.4, -0.2) is 40.8 Å². The first-order chi connectivity index (χ1) is 23.0. The van der Waals surface area contributed by atoms with Crippen LogP contribution in [0.15, 0.2) is 54.6 Å². The molecule has 0 saturated carbocycles. The van der Waals surface area contributed by atoms with Crippen LogP contribution in [0, 0.1) is 39.9 Å². The highest BCUT2D eigenvalue weighted by Gasteiger charge is 2.35. The number of benzene rings is 3. The summed E-state index contributed by atoms with van der Waals surface area (Å²) >= 11 is 0. The second-order valence-corrected chi connectivity index (χ2v) is 11.4. The van der Waals surface area contributed by atoms with Crippen molar-refractivity contribution in [2.45, 2.75) is 46.2 Å². The Morgan fingerprint density at radius 3 is 1.18 bits per heavy atom. The fourth-order valence-electron chi connectivity index (χ4n) is 4.55. The Kier molecular flexibility index (Phi) is 15.5. The highest BCUT2D eigenvalue weighted by atomic mass is 19.4. The van der Waals surface area contributed by atoms with Crippen LogP contribution in [0.5, 0.6) is 0 Å². The highest BCUT2D eigenvalue weighted by molar-refractivity contribution is 5.56. The second kappa shape index (κ2) is 18.1. The van der Waals surface area contributed by atoms with Crippen LogP contribution in [0.3, 0.4) is 0 Å². The summed E-state index contributed by atoms with van der Waals surface area (Å²) in [6.07, 6.45) is -13.5. The van der Waals surface area contributed by atoms with Gasteiger partial charge in [0, 0.05) is 57.8 Å². The maximum Gasteiger partial charge on any atom is 0.417 e. The summed E-state index contributed by atoms with van der Waals surface area (Å²) in [6, 6.07) is 15.9. The van der Waals surface area contributed by atoms with Gasteiger partial charge in [0.05, 0.1) is 51.6 Å². The van der Waals surface area contributed by atoms with Gasteiger partial charge >= 0.3 is 18.5 Å². The van der Waals surface area contributed by atoms with E-state index in [-0.39, 0.29) is 16.7 Å². The predicted octanol–water partition coefficient (Wildman–Crippen LogP) is 9.74. The first kappa shape index (κ1) is 42.9. The van der Waals surface area contributed by atoms with Crippen molar-refractivity contribution in [3.8, 4) is 18.2 Å². The zero-order chi connectivity index (χ0) is 38.6. The van der Waals surface area contributed by atoms with Gasteiger partial charge in [-0.3, -0.25) is 0 Å². The molecule has 0 aliphatic carbocycles. The van der Waals surface area contributed by atoms with Gasteiger partial charge < -0.3 is 14.7 Å². The molecule has 0 saturated heterocycles. The molecule has 3 aromatic rings. The van der Waals surface area contributed by atoms with Crippen LogP contribution >= 0.6 is 0 Å². The van der Waals surface area contributed by atoms with Crippen LogP contribution in [0.4, 0.5) is 56.6 Å². The lowest BCUT2D eigenvalue weighted by molar-refractivity contribution is -0.138. The average molecular weight is 713 g/mol. The Balaban J connectivity index is 0.000000377. The Hall–Kier alpha value is -5.10. The molecule has 0 unspecified atom stereocenters. The van der Waals surface area contributed by atoms with Crippen molar-refractivity contribution in [1.29, 1.82) is 15.8 Å². The molecule has 0 bridgehead atoms. The minimum atomic E-state index is -4.50. The normalized spacial score (nSPS) is 11.2. The Labute approximate surface area is 286 Å². The Morgan fingerprint density at radius 2 is 0.880 bits per heavy atom. The molecule has 0 aliphatic heterocycles. The predicted molar refractivity (Wildman–Crippen MR) is 174 cm³/mol. The zero-order valence-electron chi connectivity index (χ0n) is 28.5. The molecular formula is C35H37F9N6. The zero-order valence-corrected chi connectivity index (χ0v) is 28.5. The lowest BCUT2D eigenvalue weighted by Crippen LogP contribution is -2.23. The van der Waals surface area contributed by atoms with E-state index in [0.717, 1.165) is 18.2 Å². The summed E-state index contributed by atoms with van der Waals surface area (Å²) in [5.74, 6) is 0.347. The van der Waals surface area contributed by atoms with Crippen molar-refractivity contribution in [3.05, 3.63) is 88.0 Å². The van der Waals surface area contributed by atoms with Crippen molar-refractivity contribution < 1.29 is 39.5 Å². The Bertz CT molecular complexity index is 1690. The summed E-state index contributed by atoms with van der Waals surface area (Å²) in [6.45, 7) is 9.63. The monoisotopic (exact) mass is 712 g/mol. The number of hydrogen-bond acceptors (Lipinski definition) is 6. The van der Waals surface area contributed by atoms with Gasteiger partial charge in [-0.1, -0.05) is 13.8 Å². The number of hydrogen-bond donors (Lipinski definition) is 0. The number of alkyl halides is 9. The molecule has 0 aliphatic rings. The van der Waals surface area contributed by atoms with Crippen LogP contribution in [0.1, 0.15) is 61.1 Å². The summed E-state index contributed by atoms with van der Waals surface area (Å²) in [4.78, 5) is 5.11. The number of anilines is 3. The molecule has 0 atom stereocenters. The van der Waals surface area contributed by atoms with Gasteiger partial charge in [-0.05, 0) is 74.4 Å². The fraction of sp³-hybridized carbons (Fsp3) is 0.400. The van der Waals surface area contributed by atoms with Crippen LogP contribution in [0.25, 0.3) is 0 Å². The van der Waals surface area contributed by atoms with Gasteiger partial charge in [-0.2, -0.15) is 55.3 Å². The average Bonchev–Trinajstić information content (AvgIpc) is 3.03. The second-order valence-electron chi connectivity index (χ2n) is 11.4. The maximum absolute atomic E-state index is 12.8. The maximum atomic E-state index is 12.8. The molecule has 50 heavy (non-hydrogen) atoms. The highest BCUT2D eigenvalue weighted by Crippen LogP contribution is 2.36. The minimum Gasteiger partial charge on any atom is -0.378 e. The summed E-state index contributed by atoms with van der Waals surface area (Å²) in [5, 5.41) is 25.9. The molecule has 270 valence electrons. The van der Waals surface area contributed by atoms with E-state index < -0.39 is 35.2 Å². The van der Waals surface area contributed by atoms with Gasteiger partial charge in [0.1, 0.15) is 0 Å². The molecule has 0 fully saturated rings. The molecular weight excluding hydrogens is 675 g/mol. The van der Waals surface area contributed by atoms with Gasteiger partial charge in [-0.25, -0.2) is 0 Å². The summed E-state index contributed by atoms with van der Waals surface area (Å²) < 4.78 is 114. The molecule has 3 rings (SSSR count). The molecule has 0 spiro atoms. The third-order valence-electron chi connectivity index (χ3n) is 7.01.